The Morgan fingerprint density at radius 1 is 0.750 bits per heavy atom. The summed E-state index contributed by atoms with van der Waals surface area (Å²) in [6.07, 6.45) is 2.25. The van der Waals surface area contributed by atoms with Crippen LogP contribution in [0, 0.1) is 38.5 Å². The summed E-state index contributed by atoms with van der Waals surface area (Å²) >= 11 is 0. The van der Waals surface area contributed by atoms with Crippen LogP contribution in [-0.2, 0) is 13.1 Å². The van der Waals surface area contributed by atoms with E-state index in [0.29, 0.717) is 5.92 Å². The van der Waals surface area contributed by atoms with E-state index in [2.05, 4.69) is 118 Å². The third kappa shape index (κ3) is 6.35. The number of benzene rings is 3. The second-order valence-corrected chi connectivity index (χ2v) is 8.92. The molecule has 0 aliphatic carbocycles. The minimum absolute atomic E-state index is 0.200. The topological polar surface area (TPSA) is 3.24 Å². The largest absolute Gasteiger partial charge is 0.281 e. The second-order valence-electron chi connectivity index (χ2n) is 8.92. The molecule has 0 saturated carbocycles. The Labute approximate surface area is 195 Å². The zero-order chi connectivity index (χ0) is 22.9. The second kappa shape index (κ2) is 11.7. The first-order valence-electron chi connectivity index (χ1n) is 11.9. The van der Waals surface area contributed by atoms with Crippen molar-refractivity contribution >= 4 is 0 Å². The maximum atomic E-state index is 3.70. The van der Waals surface area contributed by atoms with Crippen LogP contribution in [0.25, 0.3) is 0 Å². The predicted octanol–water partition coefficient (Wildman–Crippen LogP) is 7.47. The highest BCUT2D eigenvalue weighted by atomic mass is 15.2. The van der Waals surface area contributed by atoms with Gasteiger partial charge in [0.1, 0.15) is 0 Å². The van der Waals surface area contributed by atoms with Gasteiger partial charge in [0.2, 0.25) is 0 Å². The predicted molar refractivity (Wildman–Crippen MR) is 138 cm³/mol. The van der Waals surface area contributed by atoms with E-state index < -0.39 is 0 Å². The van der Waals surface area contributed by atoms with Gasteiger partial charge in [0.05, 0.1) is 6.04 Å². The molecule has 0 saturated heterocycles. The molecule has 166 valence electrons. The molecule has 0 amide bonds. The average Bonchev–Trinajstić information content (AvgIpc) is 2.79. The fourth-order valence-corrected chi connectivity index (χ4v) is 4.65. The van der Waals surface area contributed by atoms with E-state index in [1.54, 1.807) is 0 Å². The van der Waals surface area contributed by atoms with Crippen molar-refractivity contribution in [3.8, 4) is 11.8 Å². The fraction of sp³-hybridized carbons (Fsp3) is 0.355. The first kappa shape index (κ1) is 23.8. The van der Waals surface area contributed by atoms with E-state index in [1.165, 1.54) is 27.8 Å². The van der Waals surface area contributed by atoms with E-state index in [4.69, 9.17) is 0 Å². The van der Waals surface area contributed by atoms with Crippen molar-refractivity contribution in [2.45, 2.75) is 66.6 Å². The lowest BCUT2D eigenvalue weighted by Gasteiger charge is -2.34. The SMILES string of the molecule is CCC(CC)[C@@H](C#Cc1ccccc1)N(Cc1ccccc1)Cc1c(C)cc(C)cc1C. The van der Waals surface area contributed by atoms with Crippen LogP contribution in [0.4, 0.5) is 0 Å². The molecule has 1 nitrogen and oxygen atoms in total. The van der Waals surface area contributed by atoms with Gasteiger partial charge in [-0.3, -0.25) is 4.90 Å². The van der Waals surface area contributed by atoms with Gasteiger partial charge >= 0.3 is 0 Å². The summed E-state index contributed by atoms with van der Waals surface area (Å²) in [7, 11) is 0. The van der Waals surface area contributed by atoms with Crippen molar-refractivity contribution in [3.05, 3.63) is 106 Å². The van der Waals surface area contributed by atoms with Gasteiger partial charge in [-0.2, -0.15) is 0 Å². The lowest BCUT2D eigenvalue weighted by atomic mass is 9.91. The Kier molecular flexibility index (Phi) is 8.72. The maximum Gasteiger partial charge on any atom is 0.0752 e. The highest BCUT2D eigenvalue weighted by Gasteiger charge is 2.25. The van der Waals surface area contributed by atoms with Gasteiger partial charge in [-0.15, -0.1) is 0 Å². The zero-order valence-electron chi connectivity index (χ0n) is 20.4. The lowest BCUT2D eigenvalue weighted by Crippen LogP contribution is -2.39. The van der Waals surface area contributed by atoms with Crippen LogP contribution in [0.1, 0.15) is 60.1 Å². The number of hydrogen-bond acceptors (Lipinski definition) is 1. The summed E-state index contributed by atoms with van der Waals surface area (Å²) in [6.45, 7) is 13.1. The average molecular weight is 424 g/mol. The van der Waals surface area contributed by atoms with Crippen LogP contribution in [0.5, 0.6) is 0 Å². The van der Waals surface area contributed by atoms with Gasteiger partial charge in [-0.1, -0.05) is 105 Å². The summed E-state index contributed by atoms with van der Waals surface area (Å²) in [5.74, 6) is 7.73. The first-order valence-corrected chi connectivity index (χ1v) is 11.9. The van der Waals surface area contributed by atoms with Gasteiger partial charge in [-0.05, 0) is 61.1 Å². The molecule has 0 radical (unpaired) electrons. The van der Waals surface area contributed by atoms with Gasteiger partial charge in [0.25, 0.3) is 0 Å². The monoisotopic (exact) mass is 423 g/mol. The van der Waals surface area contributed by atoms with Gasteiger partial charge in [-0.25, -0.2) is 0 Å². The molecule has 32 heavy (non-hydrogen) atoms. The molecule has 3 aromatic rings. The molecule has 0 N–H and O–H groups in total. The summed E-state index contributed by atoms with van der Waals surface area (Å²) in [5, 5.41) is 0. The van der Waals surface area contributed by atoms with Crippen molar-refractivity contribution in [1.82, 2.24) is 4.90 Å². The summed E-state index contributed by atoms with van der Waals surface area (Å²) in [5.41, 5.74) is 7.95. The molecule has 0 aliphatic heterocycles. The van der Waals surface area contributed by atoms with Crippen molar-refractivity contribution in [2.24, 2.45) is 5.92 Å². The molecule has 0 spiro atoms. The van der Waals surface area contributed by atoms with Crippen molar-refractivity contribution in [1.29, 1.82) is 0 Å². The molecule has 0 fully saturated rings. The van der Waals surface area contributed by atoms with Crippen LogP contribution >= 0.6 is 0 Å². The van der Waals surface area contributed by atoms with Gasteiger partial charge < -0.3 is 0 Å². The minimum atomic E-state index is 0.200. The maximum absolute atomic E-state index is 3.70. The highest BCUT2D eigenvalue weighted by Crippen LogP contribution is 2.26. The van der Waals surface area contributed by atoms with E-state index >= 15 is 0 Å². The van der Waals surface area contributed by atoms with E-state index in [-0.39, 0.29) is 6.04 Å². The number of rotatable bonds is 8. The van der Waals surface area contributed by atoms with Crippen LogP contribution in [0.15, 0.2) is 72.8 Å². The summed E-state index contributed by atoms with van der Waals surface area (Å²) in [4.78, 5) is 2.60. The molecule has 1 heteroatoms. The minimum Gasteiger partial charge on any atom is -0.281 e. The Morgan fingerprint density at radius 3 is 1.88 bits per heavy atom. The molecular weight excluding hydrogens is 386 g/mol. The molecule has 3 aromatic carbocycles. The molecule has 3 rings (SSSR count). The van der Waals surface area contributed by atoms with Gasteiger partial charge in [0, 0.05) is 18.7 Å². The van der Waals surface area contributed by atoms with Crippen molar-refractivity contribution in [3.63, 3.8) is 0 Å². The number of aryl methyl sites for hydroxylation is 3. The molecule has 0 unspecified atom stereocenters. The lowest BCUT2D eigenvalue weighted by molar-refractivity contribution is 0.159. The van der Waals surface area contributed by atoms with Crippen LogP contribution in [-0.4, -0.2) is 10.9 Å². The molecular formula is C31H37N. The van der Waals surface area contributed by atoms with Crippen LogP contribution in [0.3, 0.4) is 0 Å². The smallest absolute Gasteiger partial charge is 0.0752 e. The van der Waals surface area contributed by atoms with Crippen molar-refractivity contribution in [2.75, 3.05) is 0 Å². The third-order valence-corrected chi connectivity index (χ3v) is 6.46. The summed E-state index contributed by atoms with van der Waals surface area (Å²) in [6, 6.07) is 26.0. The first-order chi connectivity index (χ1) is 15.5. The van der Waals surface area contributed by atoms with Crippen LogP contribution < -0.4 is 0 Å². The molecule has 0 aliphatic rings. The van der Waals surface area contributed by atoms with E-state index in [1.807, 2.05) is 6.07 Å². The van der Waals surface area contributed by atoms with Crippen LogP contribution in [0.2, 0.25) is 0 Å². The Hall–Kier alpha value is -2.82. The normalized spacial score (nSPS) is 12.0. The number of hydrogen-bond donors (Lipinski definition) is 0. The molecule has 1 atom stereocenters. The molecule has 0 bridgehead atoms. The Bertz CT molecular complexity index is 1010. The number of nitrogens with zero attached hydrogens (tertiary/aromatic N) is 1. The third-order valence-electron chi connectivity index (χ3n) is 6.46. The quantitative estimate of drug-likeness (QED) is 0.340. The Morgan fingerprint density at radius 2 is 1.31 bits per heavy atom. The summed E-state index contributed by atoms with van der Waals surface area (Å²) < 4.78 is 0. The fourth-order valence-electron chi connectivity index (χ4n) is 4.65. The zero-order valence-corrected chi connectivity index (χ0v) is 20.4. The van der Waals surface area contributed by atoms with Crippen molar-refractivity contribution < 1.29 is 0 Å². The van der Waals surface area contributed by atoms with Gasteiger partial charge in [0.15, 0.2) is 0 Å². The highest BCUT2D eigenvalue weighted by molar-refractivity contribution is 5.38. The Balaban J connectivity index is 2.03. The molecule has 0 heterocycles. The standard InChI is InChI=1S/C31H37N/c1-6-29(7-2)31(19-18-27-14-10-8-11-15-27)32(22-28-16-12-9-13-17-28)23-30-25(4)20-24(3)21-26(30)5/h8-17,20-21,29,31H,6-7,22-23H2,1-5H3/t31-/m1/s1. The molecule has 0 aromatic heterocycles. The van der Waals surface area contributed by atoms with E-state index in [9.17, 15) is 0 Å². The van der Waals surface area contributed by atoms with E-state index in [0.717, 1.165) is 31.5 Å².